The van der Waals surface area contributed by atoms with E-state index in [2.05, 4.69) is 24.3 Å². The maximum Gasteiger partial charge on any atom is 0.0619 e. The van der Waals surface area contributed by atoms with Crippen LogP contribution in [0.3, 0.4) is 0 Å². The summed E-state index contributed by atoms with van der Waals surface area (Å²) >= 11 is 13.1. The molecule has 2 aromatic carbocycles. The highest BCUT2D eigenvalue weighted by Crippen LogP contribution is 2.58. The molecule has 0 spiro atoms. The highest BCUT2D eigenvalue weighted by Gasteiger charge is 2.47. The van der Waals surface area contributed by atoms with Gasteiger partial charge in [0, 0.05) is 10.4 Å². The Balaban J connectivity index is 1.76. The molecule has 3 unspecified atom stereocenters. The Morgan fingerprint density at radius 3 is 2.32 bits per heavy atom. The Hall–Kier alpha value is -0.720. The Bertz CT molecular complexity index is 624. The molecule has 0 saturated heterocycles. The molecule has 2 aliphatic rings. The molecule has 2 saturated carbocycles. The van der Waals surface area contributed by atoms with Gasteiger partial charge in [-0.2, -0.15) is 0 Å². The first-order valence-electron chi connectivity index (χ1n) is 7.05. The molecule has 2 aliphatic carbocycles. The molecule has 0 heterocycles. The quantitative estimate of drug-likeness (QED) is 0.612. The Labute approximate surface area is 123 Å². The zero-order valence-electron chi connectivity index (χ0n) is 10.7. The van der Waals surface area contributed by atoms with Crippen molar-refractivity contribution >= 4 is 34.0 Å². The fraction of sp³-hybridized carbons (Fsp3) is 0.412. The molecule has 0 amide bonds. The molecule has 98 valence electrons. The lowest BCUT2D eigenvalue weighted by Gasteiger charge is -2.21. The van der Waals surface area contributed by atoms with Gasteiger partial charge in [0.2, 0.25) is 0 Å². The maximum absolute atomic E-state index is 6.79. The van der Waals surface area contributed by atoms with E-state index in [0.29, 0.717) is 5.92 Å². The number of rotatable bonds is 2. The summed E-state index contributed by atoms with van der Waals surface area (Å²) in [4.78, 5) is 0. The highest BCUT2D eigenvalue weighted by atomic mass is 35.5. The second-order valence-electron chi connectivity index (χ2n) is 6.07. The fourth-order valence-corrected chi connectivity index (χ4v) is 4.40. The van der Waals surface area contributed by atoms with Crippen molar-refractivity contribution < 1.29 is 0 Å². The molecule has 0 radical (unpaired) electrons. The van der Waals surface area contributed by atoms with Crippen molar-refractivity contribution in [3.63, 3.8) is 0 Å². The molecule has 4 rings (SSSR count). The number of hydrogen-bond acceptors (Lipinski definition) is 0. The van der Waals surface area contributed by atoms with E-state index in [1.54, 1.807) is 0 Å². The minimum atomic E-state index is 0.134. The van der Waals surface area contributed by atoms with E-state index in [9.17, 15) is 0 Å². The average molecular weight is 291 g/mol. The van der Waals surface area contributed by atoms with E-state index >= 15 is 0 Å². The third kappa shape index (κ3) is 1.97. The van der Waals surface area contributed by atoms with E-state index in [0.717, 1.165) is 22.2 Å². The highest BCUT2D eigenvalue weighted by molar-refractivity contribution is 6.35. The number of halogens is 2. The van der Waals surface area contributed by atoms with Crippen LogP contribution >= 0.6 is 23.2 Å². The van der Waals surface area contributed by atoms with Gasteiger partial charge < -0.3 is 0 Å². The van der Waals surface area contributed by atoms with Crippen LogP contribution in [0, 0.1) is 17.8 Å². The number of alkyl halides is 1. The number of benzene rings is 2. The number of fused-ring (bicyclic) bond motifs is 2. The maximum atomic E-state index is 6.79. The van der Waals surface area contributed by atoms with E-state index in [1.165, 1.54) is 30.2 Å². The van der Waals surface area contributed by atoms with Gasteiger partial charge in [-0.1, -0.05) is 41.9 Å². The lowest BCUT2D eigenvalue weighted by molar-refractivity contribution is 0.473. The van der Waals surface area contributed by atoms with Crippen molar-refractivity contribution in [3.05, 3.63) is 47.0 Å². The van der Waals surface area contributed by atoms with Crippen LogP contribution in [-0.2, 0) is 0 Å². The minimum Gasteiger partial charge on any atom is -0.117 e. The van der Waals surface area contributed by atoms with Gasteiger partial charge >= 0.3 is 0 Å². The van der Waals surface area contributed by atoms with Crippen molar-refractivity contribution in [2.45, 2.75) is 24.6 Å². The molecule has 2 heteroatoms. The first kappa shape index (κ1) is 12.1. The molecular weight excluding hydrogens is 275 g/mol. The van der Waals surface area contributed by atoms with Crippen LogP contribution in [0.4, 0.5) is 0 Å². The van der Waals surface area contributed by atoms with Crippen LogP contribution in [0.1, 0.15) is 30.2 Å². The molecule has 2 fully saturated rings. The van der Waals surface area contributed by atoms with Crippen molar-refractivity contribution in [1.82, 2.24) is 0 Å². The van der Waals surface area contributed by atoms with Crippen LogP contribution in [0.15, 0.2) is 36.4 Å². The summed E-state index contributed by atoms with van der Waals surface area (Å²) in [5.41, 5.74) is 1.26. The van der Waals surface area contributed by atoms with Crippen LogP contribution in [0.25, 0.3) is 10.8 Å². The summed E-state index contributed by atoms with van der Waals surface area (Å²) in [5.74, 6) is 2.60. The predicted octanol–water partition coefficient (Wildman–Crippen LogP) is 5.82. The van der Waals surface area contributed by atoms with Crippen LogP contribution in [0.2, 0.25) is 5.02 Å². The van der Waals surface area contributed by atoms with E-state index < -0.39 is 0 Å². The minimum absolute atomic E-state index is 0.134. The smallest absolute Gasteiger partial charge is 0.0619 e. The Morgan fingerprint density at radius 2 is 1.58 bits per heavy atom. The molecule has 0 aromatic heterocycles. The number of hydrogen-bond donors (Lipinski definition) is 0. The zero-order valence-corrected chi connectivity index (χ0v) is 12.2. The first-order chi connectivity index (χ1) is 9.24. The molecule has 0 N–H and O–H groups in total. The second kappa shape index (κ2) is 4.40. The SMILES string of the molecule is Clc1ccc(C(Cl)C2CC3CC3C2)c2ccccc12. The van der Waals surface area contributed by atoms with Crippen molar-refractivity contribution in [1.29, 1.82) is 0 Å². The molecular formula is C17H16Cl2. The third-order valence-electron chi connectivity index (χ3n) is 4.90. The van der Waals surface area contributed by atoms with Gasteiger partial charge in [0.15, 0.2) is 0 Å². The van der Waals surface area contributed by atoms with Crippen LogP contribution in [-0.4, -0.2) is 0 Å². The summed E-state index contributed by atoms with van der Waals surface area (Å²) < 4.78 is 0. The van der Waals surface area contributed by atoms with Gasteiger partial charge in [0.1, 0.15) is 0 Å². The van der Waals surface area contributed by atoms with Crippen LogP contribution < -0.4 is 0 Å². The van der Waals surface area contributed by atoms with Gasteiger partial charge in [-0.3, -0.25) is 0 Å². The van der Waals surface area contributed by atoms with E-state index in [1.807, 2.05) is 12.1 Å². The predicted molar refractivity (Wildman–Crippen MR) is 81.9 cm³/mol. The van der Waals surface area contributed by atoms with E-state index in [-0.39, 0.29) is 5.38 Å². The topological polar surface area (TPSA) is 0 Å². The third-order valence-corrected chi connectivity index (χ3v) is 5.82. The summed E-state index contributed by atoms with van der Waals surface area (Å²) in [7, 11) is 0. The molecule has 2 aromatic rings. The molecule has 0 bridgehead atoms. The Morgan fingerprint density at radius 1 is 0.895 bits per heavy atom. The van der Waals surface area contributed by atoms with Crippen molar-refractivity contribution in [2.75, 3.05) is 0 Å². The summed E-state index contributed by atoms with van der Waals surface area (Å²) in [6.07, 6.45) is 4.08. The molecule has 19 heavy (non-hydrogen) atoms. The van der Waals surface area contributed by atoms with Crippen molar-refractivity contribution in [3.8, 4) is 0 Å². The van der Waals surface area contributed by atoms with Gasteiger partial charge in [0.05, 0.1) is 5.38 Å². The second-order valence-corrected chi connectivity index (χ2v) is 6.95. The fourth-order valence-electron chi connectivity index (χ4n) is 3.78. The summed E-state index contributed by atoms with van der Waals surface area (Å²) in [5, 5.41) is 3.29. The van der Waals surface area contributed by atoms with Gasteiger partial charge in [0.25, 0.3) is 0 Å². The average Bonchev–Trinajstić information content (AvgIpc) is 3.05. The molecule has 3 atom stereocenters. The largest absolute Gasteiger partial charge is 0.117 e. The zero-order chi connectivity index (χ0) is 13.0. The summed E-state index contributed by atoms with van der Waals surface area (Å²) in [6.45, 7) is 0. The standard InChI is InChI=1S/C17H16Cl2/c18-16-6-5-15(13-3-1-2-4-14(13)16)17(19)12-8-10-7-11(10)9-12/h1-6,10-12,17H,7-9H2. The van der Waals surface area contributed by atoms with Gasteiger partial charge in [-0.25, -0.2) is 0 Å². The summed E-state index contributed by atoms with van der Waals surface area (Å²) in [6, 6.07) is 12.4. The molecule has 0 aliphatic heterocycles. The first-order valence-corrected chi connectivity index (χ1v) is 7.86. The van der Waals surface area contributed by atoms with E-state index in [4.69, 9.17) is 23.2 Å². The lowest BCUT2D eigenvalue weighted by atomic mass is 9.91. The van der Waals surface area contributed by atoms with Crippen LogP contribution in [0.5, 0.6) is 0 Å². The monoisotopic (exact) mass is 290 g/mol. The Kier molecular flexibility index (Phi) is 2.79. The lowest BCUT2D eigenvalue weighted by Crippen LogP contribution is -2.06. The normalized spacial score (nSPS) is 30.3. The molecule has 0 nitrogen and oxygen atoms in total. The van der Waals surface area contributed by atoms with Crippen molar-refractivity contribution in [2.24, 2.45) is 17.8 Å². The van der Waals surface area contributed by atoms with Gasteiger partial charge in [-0.15, -0.1) is 11.6 Å². The van der Waals surface area contributed by atoms with Gasteiger partial charge in [-0.05, 0) is 54.0 Å².